The fourth-order valence-electron chi connectivity index (χ4n) is 6.72. The van der Waals surface area contributed by atoms with E-state index in [0.29, 0.717) is 33.9 Å². The van der Waals surface area contributed by atoms with E-state index in [1.165, 1.54) is 12.1 Å². The number of para-hydroxylation sites is 2. The lowest BCUT2D eigenvalue weighted by molar-refractivity contribution is -0.130. The van der Waals surface area contributed by atoms with Gasteiger partial charge in [0.1, 0.15) is 5.54 Å². The van der Waals surface area contributed by atoms with Gasteiger partial charge in [0.25, 0.3) is 0 Å². The largest absolute Gasteiger partial charge is 0.462 e. The number of anilines is 2. The van der Waals surface area contributed by atoms with Gasteiger partial charge in [0.15, 0.2) is 0 Å². The summed E-state index contributed by atoms with van der Waals surface area (Å²) in [6.45, 7) is 1.95. The van der Waals surface area contributed by atoms with Gasteiger partial charge in [-0.2, -0.15) is 0 Å². The van der Waals surface area contributed by atoms with E-state index in [4.69, 9.17) is 16.3 Å². The van der Waals surface area contributed by atoms with Crippen LogP contribution >= 0.6 is 11.6 Å². The second-order valence-corrected chi connectivity index (χ2v) is 10.9. The van der Waals surface area contributed by atoms with Crippen molar-refractivity contribution >= 4 is 57.6 Å². The number of hydrogen-bond donors (Lipinski definition) is 3. The average Bonchev–Trinajstić information content (AvgIpc) is 3.68. The second-order valence-electron chi connectivity index (χ2n) is 10.5. The zero-order valence-corrected chi connectivity index (χ0v) is 22.7. The van der Waals surface area contributed by atoms with E-state index in [-0.39, 0.29) is 6.61 Å². The Morgan fingerprint density at radius 2 is 1.78 bits per heavy atom. The molecule has 2 saturated heterocycles. The molecule has 9 nitrogen and oxygen atoms in total. The van der Waals surface area contributed by atoms with Crippen LogP contribution in [0.3, 0.4) is 0 Å². The molecule has 41 heavy (non-hydrogen) atoms. The predicted octanol–water partition coefficient (Wildman–Crippen LogP) is 4.17. The summed E-state index contributed by atoms with van der Waals surface area (Å²) < 4.78 is 5.06. The summed E-state index contributed by atoms with van der Waals surface area (Å²) in [5.41, 5.74) is 2.07. The molecule has 0 bridgehead atoms. The molecule has 0 aliphatic carbocycles. The third kappa shape index (κ3) is 3.59. The lowest BCUT2D eigenvalue weighted by Gasteiger charge is -2.29. The van der Waals surface area contributed by atoms with Gasteiger partial charge >= 0.3 is 5.97 Å². The molecule has 0 unspecified atom stereocenters. The first-order valence-corrected chi connectivity index (χ1v) is 13.8. The maximum Gasteiger partial charge on any atom is 0.338 e. The lowest BCUT2D eigenvalue weighted by atomic mass is 9.76. The number of ether oxygens (including phenoxy) is 1. The van der Waals surface area contributed by atoms with Crippen LogP contribution in [-0.2, 0) is 31.1 Å². The summed E-state index contributed by atoms with van der Waals surface area (Å²) in [5.74, 6) is -3.63. The van der Waals surface area contributed by atoms with Crippen molar-refractivity contribution in [2.45, 2.75) is 24.9 Å². The van der Waals surface area contributed by atoms with E-state index in [2.05, 4.69) is 15.6 Å². The van der Waals surface area contributed by atoms with E-state index in [1.807, 2.05) is 30.5 Å². The number of benzene rings is 3. The molecule has 3 aliphatic rings. The van der Waals surface area contributed by atoms with E-state index >= 15 is 0 Å². The first-order chi connectivity index (χ1) is 19.8. The number of carbonyl (C=O) groups excluding carboxylic acids is 4. The van der Waals surface area contributed by atoms with Crippen LogP contribution in [0.5, 0.6) is 0 Å². The highest BCUT2D eigenvalue weighted by Gasteiger charge is 2.70. The Labute approximate surface area is 239 Å². The number of rotatable bonds is 5. The quantitative estimate of drug-likeness (QED) is 0.245. The van der Waals surface area contributed by atoms with Crippen molar-refractivity contribution in [2.75, 3.05) is 16.8 Å². The fraction of sp³-hybridized carbons (Fsp3) is 0.226. The molecule has 4 aromatic rings. The number of H-pyrrole nitrogens is 1. The van der Waals surface area contributed by atoms with Crippen LogP contribution in [0.4, 0.5) is 11.4 Å². The highest BCUT2D eigenvalue weighted by molar-refractivity contribution is 6.35. The Kier molecular flexibility index (Phi) is 5.78. The van der Waals surface area contributed by atoms with Crippen molar-refractivity contribution in [1.82, 2.24) is 10.3 Å². The maximum atomic E-state index is 14.2. The van der Waals surface area contributed by atoms with E-state index in [0.717, 1.165) is 21.4 Å². The summed E-state index contributed by atoms with van der Waals surface area (Å²) in [5, 5.41) is 7.69. The van der Waals surface area contributed by atoms with Crippen molar-refractivity contribution in [2.24, 2.45) is 11.8 Å². The van der Waals surface area contributed by atoms with Crippen molar-refractivity contribution in [3.05, 3.63) is 94.6 Å². The second kappa shape index (κ2) is 9.29. The number of halogens is 1. The molecule has 3 amide bonds. The maximum absolute atomic E-state index is 14.2. The van der Waals surface area contributed by atoms with Gasteiger partial charge in [-0.15, -0.1) is 0 Å². The average molecular weight is 569 g/mol. The minimum atomic E-state index is -1.48. The Balaban J connectivity index is 1.33. The van der Waals surface area contributed by atoms with Crippen LogP contribution in [0.2, 0.25) is 5.02 Å². The zero-order valence-electron chi connectivity index (χ0n) is 21.9. The van der Waals surface area contributed by atoms with Crippen LogP contribution < -0.4 is 15.5 Å². The Hall–Kier alpha value is -4.47. The molecule has 2 fully saturated rings. The van der Waals surface area contributed by atoms with Crippen molar-refractivity contribution in [1.29, 1.82) is 0 Å². The number of carbonyl (C=O) groups is 4. The summed E-state index contributed by atoms with van der Waals surface area (Å²) >= 11 is 6.46. The third-order valence-corrected chi connectivity index (χ3v) is 8.77. The number of nitrogens with one attached hydrogen (secondary N) is 3. The number of fused-ring (bicyclic) bond motifs is 5. The molecule has 7 rings (SSSR count). The Morgan fingerprint density at radius 3 is 2.56 bits per heavy atom. The van der Waals surface area contributed by atoms with Crippen molar-refractivity contribution in [3.63, 3.8) is 0 Å². The molecule has 3 N–H and O–H groups in total. The Bertz CT molecular complexity index is 1770. The molecule has 3 aliphatic heterocycles. The summed E-state index contributed by atoms with van der Waals surface area (Å²) in [4.78, 5) is 58.8. The third-order valence-electron chi connectivity index (χ3n) is 8.45. The van der Waals surface area contributed by atoms with E-state index in [9.17, 15) is 19.2 Å². The molecule has 206 valence electrons. The summed E-state index contributed by atoms with van der Waals surface area (Å²) in [6.07, 6.45) is 2.31. The van der Waals surface area contributed by atoms with Gasteiger partial charge in [0, 0.05) is 28.7 Å². The molecule has 4 heterocycles. The molecule has 4 atom stereocenters. The number of nitrogens with zero attached hydrogens (tertiary/aromatic N) is 1. The molecular weight excluding hydrogens is 544 g/mol. The molecule has 10 heteroatoms. The topological polar surface area (TPSA) is 121 Å². The molecular formula is C31H25ClN4O5. The first kappa shape index (κ1) is 25.5. The van der Waals surface area contributed by atoms with E-state index in [1.54, 1.807) is 37.3 Å². The zero-order chi connectivity index (χ0) is 28.5. The highest BCUT2D eigenvalue weighted by Crippen LogP contribution is 2.55. The molecule has 0 radical (unpaired) electrons. The lowest BCUT2D eigenvalue weighted by Crippen LogP contribution is -2.53. The van der Waals surface area contributed by atoms with Crippen molar-refractivity contribution in [3.8, 4) is 0 Å². The number of amides is 3. The van der Waals surface area contributed by atoms with Crippen LogP contribution in [0.25, 0.3) is 10.9 Å². The predicted molar refractivity (Wildman–Crippen MR) is 153 cm³/mol. The van der Waals surface area contributed by atoms with Gasteiger partial charge in [0.2, 0.25) is 17.7 Å². The van der Waals surface area contributed by atoms with Crippen LogP contribution in [-0.4, -0.2) is 41.3 Å². The molecule has 0 saturated carbocycles. The monoisotopic (exact) mass is 568 g/mol. The number of hydrogen-bond acceptors (Lipinski definition) is 6. The normalized spacial score (nSPS) is 24.7. The van der Waals surface area contributed by atoms with Gasteiger partial charge in [0.05, 0.1) is 40.4 Å². The van der Waals surface area contributed by atoms with Gasteiger partial charge in [-0.05, 0) is 55.3 Å². The van der Waals surface area contributed by atoms with E-state index < -0.39 is 47.1 Å². The molecule has 3 aromatic carbocycles. The van der Waals surface area contributed by atoms with Crippen molar-refractivity contribution < 1.29 is 23.9 Å². The molecule has 1 spiro atoms. The summed E-state index contributed by atoms with van der Waals surface area (Å²) in [7, 11) is 0. The van der Waals surface area contributed by atoms with Gasteiger partial charge in [-0.3, -0.25) is 19.7 Å². The van der Waals surface area contributed by atoms with Gasteiger partial charge in [-0.1, -0.05) is 41.9 Å². The smallest absolute Gasteiger partial charge is 0.338 e. The highest BCUT2D eigenvalue weighted by atomic mass is 35.5. The number of aromatic amines is 1. The number of imide groups is 1. The minimum absolute atomic E-state index is 0.230. The standard InChI is InChI=1S/C31H25ClN4O5/c1-2-41-29(39)16-10-12-18(13-11-16)36-27(37)24-23(14-17-15-33-22-9-4-3-6-19(17)22)35-31(25(24)28(36)38)20-7-5-8-21(32)26(20)34-30(31)40/h3-13,15,23-25,33,35H,2,14H2,1H3,(H,34,40)/t23-,24+,25+,31-/m0/s1. The molecule has 1 aromatic heterocycles. The fourth-order valence-corrected chi connectivity index (χ4v) is 6.94. The minimum Gasteiger partial charge on any atom is -0.462 e. The van der Waals surface area contributed by atoms with Crippen LogP contribution in [0.1, 0.15) is 28.4 Å². The van der Waals surface area contributed by atoms with Crippen LogP contribution in [0, 0.1) is 11.8 Å². The van der Waals surface area contributed by atoms with Gasteiger partial charge < -0.3 is 15.0 Å². The van der Waals surface area contributed by atoms with Gasteiger partial charge in [-0.25, -0.2) is 9.69 Å². The number of aromatic nitrogens is 1. The first-order valence-electron chi connectivity index (χ1n) is 13.4. The Morgan fingerprint density at radius 1 is 1.00 bits per heavy atom. The number of esters is 1. The SMILES string of the molecule is CCOC(=O)c1ccc(N2C(=O)[C@@H]3[C@H](Cc4c[nH]c5ccccc45)N[C@]4(C(=O)Nc5c(Cl)cccc54)[C@H]3C2=O)cc1. The van der Waals surface area contributed by atoms with Crippen LogP contribution in [0.15, 0.2) is 72.9 Å². The summed E-state index contributed by atoms with van der Waals surface area (Å²) in [6, 6.07) is 18.7.